The van der Waals surface area contributed by atoms with E-state index in [4.69, 9.17) is 4.74 Å². The van der Waals surface area contributed by atoms with Gasteiger partial charge in [0.2, 0.25) is 0 Å². The van der Waals surface area contributed by atoms with Gasteiger partial charge in [0.05, 0.1) is 13.2 Å². The largest absolute Gasteiger partial charge is 0.377 e. The Kier molecular flexibility index (Phi) is 1.76. The molecule has 1 saturated carbocycles. The molecule has 2 rings (SSSR count). The lowest BCUT2D eigenvalue weighted by Gasteiger charge is -2.30. The van der Waals surface area contributed by atoms with Gasteiger partial charge in [0.1, 0.15) is 0 Å². The highest BCUT2D eigenvalue weighted by Gasteiger charge is 2.22. The first-order valence-electron chi connectivity index (χ1n) is 4.23. The molecule has 0 saturated heterocycles. The molecule has 0 radical (unpaired) electrons. The van der Waals surface area contributed by atoms with Gasteiger partial charge in [0.25, 0.3) is 0 Å². The highest BCUT2D eigenvalue weighted by molar-refractivity contribution is 5.11. The molecular formula is C9H14O. The van der Waals surface area contributed by atoms with Crippen molar-refractivity contribution in [2.75, 3.05) is 13.2 Å². The summed E-state index contributed by atoms with van der Waals surface area (Å²) in [6.07, 6.45) is 7.80. The van der Waals surface area contributed by atoms with Crippen LogP contribution in [0.25, 0.3) is 0 Å². The predicted octanol–water partition coefficient (Wildman–Crippen LogP) is 2.13. The van der Waals surface area contributed by atoms with Crippen LogP contribution in [0.2, 0.25) is 0 Å². The van der Waals surface area contributed by atoms with Crippen molar-refractivity contribution in [1.82, 2.24) is 0 Å². The summed E-state index contributed by atoms with van der Waals surface area (Å²) in [6.45, 7) is 1.83. The minimum atomic E-state index is 0.867. The Labute approximate surface area is 62.1 Å². The molecule has 0 bridgehead atoms. The zero-order valence-electron chi connectivity index (χ0n) is 6.31. The van der Waals surface area contributed by atoms with Gasteiger partial charge in [-0.2, -0.15) is 0 Å². The molecule has 0 aromatic rings. The monoisotopic (exact) mass is 138 g/mol. The molecule has 56 valence electrons. The van der Waals surface area contributed by atoms with E-state index < -0.39 is 0 Å². The Morgan fingerprint density at radius 1 is 1.40 bits per heavy atom. The van der Waals surface area contributed by atoms with Crippen LogP contribution < -0.4 is 0 Å². The van der Waals surface area contributed by atoms with Gasteiger partial charge < -0.3 is 4.74 Å². The lowest BCUT2D eigenvalue weighted by Crippen LogP contribution is -2.18. The normalized spacial score (nSPS) is 27.4. The lowest BCUT2D eigenvalue weighted by molar-refractivity contribution is 0.146. The Morgan fingerprint density at radius 2 is 2.30 bits per heavy atom. The summed E-state index contributed by atoms with van der Waals surface area (Å²) in [5.41, 5.74) is 1.68. The van der Waals surface area contributed by atoms with E-state index in [2.05, 4.69) is 6.08 Å². The van der Waals surface area contributed by atoms with E-state index in [1.807, 2.05) is 0 Å². The van der Waals surface area contributed by atoms with Crippen molar-refractivity contribution >= 4 is 0 Å². The van der Waals surface area contributed by atoms with E-state index in [-0.39, 0.29) is 0 Å². The smallest absolute Gasteiger partial charge is 0.0650 e. The molecule has 0 atom stereocenters. The molecule has 1 heterocycles. The summed E-state index contributed by atoms with van der Waals surface area (Å²) < 4.78 is 5.24. The molecule has 1 nitrogen and oxygen atoms in total. The number of hydrogen-bond acceptors (Lipinski definition) is 1. The fraction of sp³-hybridized carbons (Fsp3) is 0.778. The molecule has 1 heteroatoms. The van der Waals surface area contributed by atoms with E-state index in [0.717, 1.165) is 19.1 Å². The third-order valence-corrected chi connectivity index (χ3v) is 2.63. The molecule has 0 amide bonds. The maximum Gasteiger partial charge on any atom is 0.0650 e. The van der Waals surface area contributed by atoms with Crippen LogP contribution >= 0.6 is 0 Å². The number of rotatable bonds is 1. The van der Waals surface area contributed by atoms with Gasteiger partial charge in [0.15, 0.2) is 0 Å². The maximum absolute atomic E-state index is 5.24. The molecule has 10 heavy (non-hydrogen) atoms. The average Bonchev–Trinajstić information content (AvgIpc) is 1.86. The van der Waals surface area contributed by atoms with Crippen molar-refractivity contribution < 1.29 is 4.74 Å². The third kappa shape index (κ3) is 1.10. The standard InChI is InChI=1S/C9H14O/c1-2-8(3-1)9-4-6-10-7-5-9/h4,8H,1-3,5-7H2. The van der Waals surface area contributed by atoms with Crippen LogP contribution in [0.15, 0.2) is 11.6 Å². The Bertz CT molecular complexity index is 145. The quantitative estimate of drug-likeness (QED) is 0.504. The van der Waals surface area contributed by atoms with Crippen LogP contribution in [0.3, 0.4) is 0 Å². The van der Waals surface area contributed by atoms with Crippen molar-refractivity contribution in [3.63, 3.8) is 0 Å². The third-order valence-electron chi connectivity index (χ3n) is 2.63. The van der Waals surface area contributed by atoms with Crippen LogP contribution in [-0.2, 0) is 4.74 Å². The molecule has 0 aromatic heterocycles. The minimum Gasteiger partial charge on any atom is -0.377 e. The highest BCUT2D eigenvalue weighted by atomic mass is 16.5. The van der Waals surface area contributed by atoms with Crippen LogP contribution in [0.5, 0.6) is 0 Å². The molecule has 0 aromatic carbocycles. The van der Waals surface area contributed by atoms with Crippen LogP contribution in [0.4, 0.5) is 0 Å². The lowest BCUT2D eigenvalue weighted by atomic mass is 9.78. The van der Waals surface area contributed by atoms with E-state index in [9.17, 15) is 0 Å². The first kappa shape index (κ1) is 6.41. The second kappa shape index (κ2) is 2.75. The summed E-state index contributed by atoms with van der Waals surface area (Å²) >= 11 is 0. The summed E-state index contributed by atoms with van der Waals surface area (Å²) in [5.74, 6) is 0.948. The SMILES string of the molecule is C1=C(C2CCC2)CCOC1. The van der Waals surface area contributed by atoms with Crippen LogP contribution in [0.1, 0.15) is 25.7 Å². The number of ether oxygens (including phenoxy) is 1. The van der Waals surface area contributed by atoms with Gasteiger partial charge >= 0.3 is 0 Å². The number of hydrogen-bond donors (Lipinski definition) is 0. The zero-order valence-corrected chi connectivity index (χ0v) is 6.31. The Hall–Kier alpha value is -0.300. The van der Waals surface area contributed by atoms with Crippen molar-refractivity contribution in [2.24, 2.45) is 5.92 Å². The van der Waals surface area contributed by atoms with Gasteiger partial charge in [0, 0.05) is 0 Å². The summed E-state index contributed by atoms with van der Waals surface area (Å²) in [5, 5.41) is 0. The zero-order chi connectivity index (χ0) is 6.81. The average molecular weight is 138 g/mol. The van der Waals surface area contributed by atoms with Crippen LogP contribution in [-0.4, -0.2) is 13.2 Å². The molecule has 0 unspecified atom stereocenters. The van der Waals surface area contributed by atoms with Crippen molar-refractivity contribution in [1.29, 1.82) is 0 Å². The van der Waals surface area contributed by atoms with E-state index in [1.165, 1.54) is 25.7 Å². The van der Waals surface area contributed by atoms with Crippen LogP contribution in [0, 0.1) is 5.92 Å². The Morgan fingerprint density at radius 3 is 2.80 bits per heavy atom. The maximum atomic E-state index is 5.24. The molecule has 2 aliphatic rings. The van der Waals surface area contributed by atoms with E-state index in [0.29, 0.717) is 0 Å². The van der Waals surface area contributed by atoms with Crippen molar-refractivity contribution in [3.8, 4) is 0 Å². The molecule has 1 aliphatic heterocycles. The first-order chi connectivity index (χ1) is 4.97. The van der Waals surface area contributed by atoms with Gasteiger partial charge in [-0.1, -0.05) is 18.1 Å². The van der Waals surface area contributed by atoms with Gasteiger partial charge in [-0.05, 0) is 25.2 Å². The Balaban J connectivity index is 1.94. The summed E-state index contributed by atoms with van der Waals surface area (Å²) in [6, 6.07) is 0. The molecule has 1 fully saturated rings. The fourth-order valence-electron chi connectivity index (χ4n) is 1.69. The van der Waals surface area contributed by atoms with Gasteiger partial charge in [-0.3, -0.25) is 0 Å². The van der Waals surface area contributed by atoms with Crippen molar-refractivity contribution in [2.45, 2.75) is 25.7 Å². The topological polar surface area (TPSA) is 9.23 Å². The predicted molar refractivity (Wildman–Crippen MR) is 40.9 cm³/mol. The second-order valence-corrected chi connectivity index (χ2v) is 3.23. The van der Waals surface area contributed by atoms with Gasteiger partial charge in [-0.25, -0.2) is 0 Å². The highest BCUT2D eigenvalue weighted by Crippen LogP contribution is 2.35. The second-order valence-electron chi connectivity index (χ2n) is 3.23. The molecule has 0 spiro atoms. The first-order valence-corrected chi connectivity index (χ1v) is 4.23. The summed E-state index contributed by atoms with van der Waals surface area (Å²) in [4.78, 5) is 0. The fourth-order valence-corrected chi connectivity index (χ4v) is 1.69. The van der Waals surface area contributed by atoms with Gasteiger partial charge in [-0.15, -0.1) is 0 Å². The van der Waals surface area contributed by atoms with E-state index >= 15 is 0 Å². The molecule has 0 N–H and O–H groups in total. The summed E-state index contributed by atoms with van der Waals surface area (Å²) in [7, 11) is 0. The van der Waals surface area contributed by atoms with Crippen molar-refractivity contribution in [3.05, 3.63) is 11.6 Å². The van der Waals surface area contributed by atoms with E-state index in [1.54, 1.807) is 5.57 Å². The minimum absolute atomic E-state index is 0.867. The molecular weight excluding hydrogens is 124 g/mol. The molecule has 1 aliphatic carbocycles.